The summed E-state index contributed by atoms with van der Waals surface area (Å²) in [5.41, 5.74) is 1.81. The molecule has 1 atom stereocenters. The summed E-state index contributed by atoms with van der Waals surface area (Å²) in [7, 11) is 4.59. The van der Waals surface area contributed by atoms with Crippen molar-refractivity contribution in [2.24, 2.45) is 0 Å². The van der Waals surface area contributed by atoms with Gasteiger partial charge in [-0.1, -0.05) is 42.5 Å². The number of methoxy groups -OCH3 is 3. The van der Waals surface area contributed by atoms with Gasteiger partial charge in [0.15, 0.2) is 11.5 Å². The Morgan fingerprint density at radius 3 is 2.30 bits per heavy atom. The highest BCUT2D eigenvalue weighted by molar-refractivity contribution is 6.02. The van der Waals surface area contributed by atoms with E-state index >= 15 is 0 Å². The lowest BCUT2D eigenvalue weighted by molar-refractivity contribution is -0.128. The molecule has 1 N–H and O–H groups in total. The van der Waals surface area contributed by atoms with Gasteiger partial charge in [0.2, 0.25) is 11.8 Å². The normalized spacial score (nSPS) is 12.1. The standard InChI is InChI=1S/C30H35N5O5/c1-7-30(2,3)31-29(37)28(20-16-17-25(39-5)26(18-20)40-6)35(23-14-10-11-15-24(23)38-4)27(36)19-34-22-13-9-8-12-21(22)32-33-34/h8-18,28H,7,19H2,1-6H3,(H,31,37). The van der Waals surface area contributed by atoms with E-state index in [0.29, 0.717) is 46.0 Å². The molecule has 0 bridgehead atoms. The van der Waals surface area contributed by atoms with E-state index < -0.39 is 11.6 Å². The number of amides is 2. The first-order valence-corrected chi connectivity index (χ1v) is 13.0. The predicted octanol–water partition coefficient (Wildman–Crippen LogP) is 4.54. The minimum Gasteiger partial charge on any atom is -0.495 e. The van der Waals surface area contributed by atoms with Gasteiger partial charge in [0.25, 0.3) is 0 Å². The van der Waals surface area contributed by atoms with Crippen LogP contribution in [0, 0.1) is 0 Å². The molecular formula is C30H35N5O5. The number of anilines is 1. The number of aromatic nitrogens is 3. The van der Waals surface area contributed by atoms with Gasteiger partial charge in [0, 0.05) is 5.54 Å². The van der Waals surface area contributed by atoms with Crippen LogP contribution in [0.15, 0.2) is 66.7 Å². The molecule has 0 fully saturated rings. The maximum absolute atomic E-state index is 14.3. The summed E-state index contributed by atoms with van der Waals surface area (Å²) in [5, 5.41) is 11.5. The highest BCUT2D eigenvalue weighted by atomic mass is 16.5. The number of nitrogens with one attached hydrogen (secondary N) is 1. The maximum atomic E-state index is 14.3. The van der Waals surface area contributed by atoms with E-state index in [4.69, 9.17) is 14.2 Å². The number of fused-ring (bicyclic) bond motifs is 1. The molecule has 0 saturated carbocycles. The second-order valence-corrected chi connectivity index (χ2v) is 9.92. The Kier molecular flexibility index (Phi) is 8.57. The molecule has 0 aliphatic carbocycles. The van der Waals surface area contributed by atoms with E-state index in [-0.39, 0.29) is 18.4 Å². The monoisotopic (exact) mass is 545 g/mol. The predicted molar refractivity (Wildman–Crippen MR) is 153 cm³/mol. The molecule has 10 nitrogen and oxygen atoms in total. The Hall–Kier alpha value is -4.60. The summed E-state index contributed by atoms with van der Waals surface area (Å²) >= 11 is 0. The summed E-state index contributed by atoms with van der Waals surface area (Å²) in [6.07, 6.45) is 0.685. The lowest BCUT2D eigenvalue weighted by Crippen LogP contribution is -2.51. The molecule has 1 unspecified atom stereocenters. The molecule has 210 valence electrons. The third kappa shape index (κ3) is 5.85. The zero-order valence-corrected chi connectivity index (χ0v) is 23.7. The minimum atomic E-state index is -1.08. The number of carbonyl (C=O) groups is 2. The van der Waals surface area contributed by atoms with Gasteiger partial charge >= 0.3 is 0 Å². The largest absolute Gasteiger partial charge is 0.495 e. The van der Waals surface area contributed by atoms with Crippen LogP contribution in [0.4, 0.5) is 5.69 Å². The van der Waals surface area contributed by atoms with Crippen LogP contribution in [0.2, 0.25) is 0 Å². The van der Waals surface area contributed by atoms with Crippen molar-refractivity contribution in [3.8, 4) is 17.2 Å². The molecule has 10 heteroatoms. The van der Waals surface area contributed by atoms with Gasteiger partial charge in [-0.25, -0.2) is 4.68 Å². The summed E-state index contributed by atoms with van der Waals surface area (Å²) < 4.78 is 18.1. The lowest BCUT2D eigenvalue weighted by atomic mass is 9.97. The van der Waals surface area contributed by atoms with Gasteiger partial charge in [0.05, 0.1) is 32.5 Å². The van der Waals surface area contributed by atoms with Crippen LogP contribution in [0.25, 0.3) is 11.0 Å². The van der Waals surface area contributed by atoms with Crippen molar-refractivity contribution in [1.29, 1.82) is 0 Å². The van der Waals surface area contributed by atoms with Crippen molar-refractivity contribution in [2.75, 3.05) is 26.2 Å². The first-order chi connectivity index (χ1) is 19.2. The van der Waals surface area contributed by atoms with Crippen LogP contribution in [0.5, 0.6) is 17.2 Å². The highest BCUT2D eigenvalue weighted by Crippen LogP contribution is 2.38. The van der Waals surface area contributed by atoms with Gasteiger partial charge in [-0.15, -0.1) is 5.10 Å². The molecule has 0 spiro atoms. The van der Waals surface area contributed by atoms with Crippen LogP contribution in [-0.4, -0.2) is 53.7 Å². The number of para-hydroxylation sites is 3. The number of nitrogens with zero attached hydrogens (tertiary/aromatic N) is 4. The molecule has 1 aromatic heterocycles. The number of hydrogen-bond donors (Lipinski definition) is 1. The van der Waals surface area contributed by atoms with Crippen molar-refractivity contribution in [1.82, 2.24) is 20.3 Å². The van der Waals surface area contributed by atoms with Crippen molar-refractivity contribution < 1.29 is 23.8 Å². The summed E-state index contributed by atoms with van der Waals surface area (Å²) in [6.45, 7) is 5.71. The molecule has 0 aliphatic heterocycles. The van der Waals surface area contributed by atoms with Crippen LogP contribution in [0.3, 0.4) is 0 Å². The maximum Gasteiger partial charge on any atom is 0.249 e. The summed E-state index contributed by atoms with van der Waals surface area (Å²) in [6, 6.07) is 18.6. The summed E-state index contributed by atoms with van der Waals surface area (Å²) in [5.74, 6) is 0.629. The van der Waals surface area contributed by atoms with Crippen LogP contribution in [0.1, 0.15) is 38.8 Å². The van der Waals surface area contributed by atoms with Crippen molar-refractivity contribution in [2.45, 2.75) is 45.3 Å². The van der Waals surface area contributed by atoms with Crippen LogP contribution < -0.4 is 24.4 Å². The SMILES string of the molecule is CCC(C)(C)NC(=O)C(c1ccc(OC)c(OC)c1)N(C(=O)Cn1nnc2ccccc21)c1ccccc1OC. The number of rotatable bonds is 11. The van der Waals surface area contributed by atoms with E-state index in [2.05, 4.69) is 15.6 Å². The molecule has 0 radical (unpaired) electrons. The first-order valence-electron chi connectivity index (χ1n) is 13.0. The zero-order chi connectivity index (χ0) is 28.9. The van der Waals surface area contributed by atoms with E-state index in [1.807, 2.05) is 51.1 Å². The van der Waals surface area contributed by atoms with Crippen LogP contribution >= 0.6 is 0 Å². The fraction of sp³-hybridized carbons (Fsp3) is 0.333. The van der Waals surface area contributed by atoms with Crippen LogP contribution in [-0.2, 0) is 16.1 Å². The second kappa shape index (κ2) is 12.1. The summed E-state index contributed by atoms with van der Waals surface area (Å²) in [4.78, 5) is 29.9. The molecule has 2 amide bonds. The third-order valence-corrected chi connectivity index (χ3v) is 6.89. The zero-order valence-electron chi connectivity index (χ0n) is 23.7. The van der Waals surface area contributed by atoms with E-state index in [9.17, 15) is 9.59 Å². The fourth-order valence-corrected chi connectivity index (χ4v) is 4.42. The average molecular weight is 546 g/mol. The van der Waals surface area contributed by atoms with Crippen molar-refractivity contribution in [3.63, 3.8) is 0 Å². The fourth-order valence-electron chi connectivity index (χ4n) is 4.42. The number of ether oxygens (including phenoxy) is 3. The Labute approximate surface area is 233 Å². The third-order valence-electron chi connectivity index (χ3n) is 6.89. The molecule has 3 aromatic carbocycles. The number of hydrogen-bond acceptors (Lipinski definition) is 7. The topological polar surface area (TPSA) is 108 Å². The Balaban J connectivity index is 1.90. The molecule has 4 rings (SSSR count). The molecule has 4 aromatic rings. The highest BCUT2D eigenvalue weighted by Gasteiger charge is 2.37. The number of benzene rings is 3. The second-order valence-electron chi connectivity index (χ2n) is 9.92. The van der Waals surface area contributed by atoms with Gasteiger partial charge in [-0.3, -0.25) is 14.5 Å². The van der Waals surface area contributed by atoms with E-state index in [1.165, 1.54) is 23.8 Å². The van der Waals surface area contributed by atoms with Crippen molar-refractivity contribution >= 4 is 28.5 Å². The first kappa shape index (κ1) is 28.4. The van der Waals surface area contributed by atoms with Gasteiger partial charge < -0.3 is 19.5 Å². The lowest BCUT2D eigenvalue weighted by Gasteiger charge is -2.35. The molecule has 40 heavy (non-hydrogen) atoms. The molecular weight excluding hydrogens is 510 g/mol. The molecule has 0 aliphatic rings. The average Bonchev–Trinajstić information content (AvgIpc) is 3.37. The Bertz CT molecular complexity index is 1500. The quantitative estimate of drug-likeness (QED) is 0.295. The molecule has 1 heterocycles. The van der Waals surface area contributed by atoms with Crippen molar-refractivity contribution in [3.05, 3.63) is 72.3 Å². The minimum absolute atomic E-state index is 0.160. The van der Waals surface area contributed by atoms with Gasteiger partial charge in [0.1, 0.15) is 23.9 Å². The Morgan fingerprint density at radius 2 is 1.60 bits per heavy atom. The smallest absolute Gasteiger partial charge is 0.249 e. The van der Waals surface area contributed by atoms with Gasteiger partial charge in [-0.05, 0) is 62.2 Å². The van der Waals surface area contributed by atoms with E-state index in [1.54, 1.807) is 43.5 Å². The molecule has 0 saturated heterocycles. The van der Waals surface area contributed by atoms with Gasteiger partial charge in [-0.2, -0.15) is 0 Å². The Morgan fingerprint density at radius 1 is 0.925 bits per heavy atom. The number of carbonyl (C=O) groups excluding carboxylic acids is 2. The van der Waals surface area contributed by atoms with E-state index in [0.717, 1.165) is 0 Å².